The first-order valence-electron chi connectivity index (χ1n) is 4.16. The SMILES string of the molecule is C/C(=C\C(=O)O)N=Nc1ccc(Cl)cc1. The molecule has 0 saturated heterocycles. The van der Waals surface area contributed by atoms with Gasteiger partial charge in [0.05, 0.1) is 11.4 Å². The van der Waals surface area contributed by atoms with Gasteiger partial charge in [0.25, 0.3) is 0 Å². The second-order valence-corrected chi connectivity index (χ2v) is 3.24. The molecule has 0 aliphatic rings. The lowest BCUT2D eigenvalue weighted by Crippen LogP contribution is -1.87. The number of carboxylic acids is 1. The number of azo groups is 1. The van der Waals surface area contributed by atoms with Crippen molar-refractivity contribution in [3.8, 4) is 0 Å². The number of halogens is 1. The van der Waals surface area contributed by atoms with Crippen molar-refractivity contribution in [2.24, 2.45) is 10.2 Å². The number of carboxylic acid groups (broad SMARTS) is 1. The molecule has 0 atom stereocenters. The number of hydrogen-bond acceptors (Lipinski definition) is 3. The highest BCUT2D eigenvalue weighted by Crippen LogP contribution is 2.17. The summed E-state index contributed by atoms with van der Waals surface area (Å²) in [5, 5.41) is 16.6. The van der Waals surface area contributed by atoms with E-state index in [4.69, 9.17) is 16.7 Å². The van der Waals surface area contributed by atoms with Crippen molar-refractivity contribution in [1.29, 1.82) is 0 Å². The molecule has 0 radical (unpaired) electrons. The Kier molecular flexibility index (Phi) is 4.00. The maximum absolute atomic E-state index is 10.3. The summed E-state index contributed by atoms with van der Waals surface area (Å²) in [5.41, 5.74) is 0.954. The second-order valence-electron chi connectivity index (χ2n) is 2.80. The van der Waals surface area contributed by atoms with Crippen molar-refractivity contribution >= 4 is 23.3 Å². The fourth-order valence-corrected chi connectivity index (χ4v) is 0.978. The monoisotopic (exact) mass is 224 g/mol. The Bertz CT molecular complexity index is 410. The minimum atomic E-state index is -1.04. The predicted octanol–water partition coefficient (Wildman–Crippen LogP) is 3.41. The Morgan fingerprint density at radius 1 is 1.40 bits per heavy atom. The van der Waals surface area contributed by atoms with Gasteiger partial charge in [-0.2, -0.15) is 10.2 Å². The molecule has 0 aromatic heterocycles. The zero-order valence-electron chi connectivity index (χ0n) is 8.01. The van der Waals surface area contributed by atoms with Gasteiger partial charge in [-0.15, -0.1) is 0 Å². The molecule has 0 aliphatic heterocycles. The first-order chi connectivity index (χ1) is 7.08. The van der Waals surface area contributed by atoms with E-state index in [1.807, 2.05) is 0 Å². The lowest BCUT2D eigenvalue weighted by Gasteiger charge is -1.92. The predicted molar refractivity (Wildman–Crippen MR) is 57.4 cm³/mol. The topological polar surface area (TPSA) is 62.0 Å². The Labute approximate surface area is 91.9 Å². The van der Waals surface area contributed by atoms with E-state index in [9.17, 15) is 4.79 Å². The molecular formula is C10H9ClN2O2. The first-order valence-corrected chi connectivity index (χ1v) is 4.54. The summed E-state index contributed by atoms with van der Waals surface area (Å²) in [6.45, 7) is 1.56. The molecule has 78 valence electrons. The second kappa shape index (κ2) is 5.26. The number of aliphatic carboxylic acids is 1. The molecular weight excluding hydrogens is 216 g/mol. The number of benzene rings is 1. The largest absolute Gasteiger partial charge is 0.478 e. The minimum absolute atomic E-state index is 0.331. The molecule has 1 rings (SSSR count). The quantitative estimate of drug-likeness (QED) is 0.632. The minimum Gasteiger partial charge on any atom is -0.478 e. The Morgan fingerprint density at radius 2 is 2.00 bits per heavy atom. The summed E-state index contributed by atoms with van der Waals surface area (Å²) in [4.78, 5) is 10.3. The van der Waals surface area contributed by atoms with Gasteiger partial charge in [0.15, 0.2) is 0 Å². The standard InChI is InChI=1S/C10H9ClN2O2/c1-7(6-10(14)15)12-13-9-4-2-8(11)3-5-9/h2-6H,1H3,(H,14,15)/b7-6+,13-12?. The van der Waals surface area contributed by atoms with Crippen LogP contribution in [0, 0.1) is 0 Å². The lowest BCUT2D eigenvalue weighted by molar-refractivity contribution is -0.131. The van der Waals surface area contributed by atoms with Gasteiger partial charge in [0.2, 0.25) is 0 Å². The molecule has 0 aliphatic carbocycles. The van der Waals surface area contributed by atoms with E-state index >= 15 is 0 Å². The molecule has 0 spiro atoms. The van der Waals surface area contributed by atoms with E-state index in [2.05, 4.69) is 10.2 Å². The van der Waals surface area contributed by atoms with E-state index in [1.165, 1.54) is 0 Å². The van der Waals surface area contributed by atoms with Crippen LogP contribution in [0.3, 0.4) is 0 Å². The van der Waals surface area contributed by atoms with Gasteiger partial charge < -0.3 is 5.11 Å². The molecule has 1 aromatic rings. The zero-order valence-corrected chi connectivity index (χ0v) is 8.77. The van der Waals surface area contributed by atoms with Gasteiger partial charge in [-0.05, 0) is 31.2 Å². The van der Waals surface area contributed by atoms with Crippen LogP contribution < -0.4 is 0 Å². The fraction of sp³-hybridized carbons (Fsp3) is 0.100. The van der Waals surface area contributed by atoms with E-state index in [0.29, 0.717) is 16.4 Å². The summed E-state index contributed by atoms with van der Waals surface area (Å²) >= 11 is 5.68. The van der Waals surface area contributed by atoms with Gasteiger partial charge in [-0.25, -0.2) is 4.79 Å². The zero-order chi connectivity index (χ0) is 11.3. The van der Waals surface area contributed by atoms with Crippen molar-refractivity contribution in [2.45, 2.75) is 6.92 Å². The van der Waals surface area contributed by atoms with E-state index in [-0.39, 0.29) is 0 Å². The third kappa shape index (κ3) is 4.37. The smallest absolute Gasteiger partial charge is 0.330 e. The fourth-order valence-electron chi connectivity index (χ4n) is 0.852. The molecule has 5 heteroatoms. The highest BCUT2D eigenvalue weighted by Gasteiger charge is 1.92. The molecule has 0 bridgehead atoms. The molecule has 1 N–H and O–H groups in total. The Morgan fingerprint density at radius 3 is 2.53 bits per heavy atom. The average Bonchev–Trinajstić information content (AvgIpc) is 2.16. The van der Waals surface area contributed by atoms with Gasteiger partial charge in [0, 0.05) is 11.1 Å². The molecule has 0 amide bonds. The van der Waals surface area contributed by atoms with E-state index in [0.717, 1.165) is 6.08 Å². The van der Waals surface area contributed by atoms with Gasteiger partial charge in [0.1, 0.15) is 0 Å². The van der Waals surface area contributed by atoms with Gasteiger partial charge >= 0.3 is 5.97 Å². The molecule has 0 heterocycles. The normalized spacial score (nSPS) is 12.0. The molecule has 15 heavy (non-hydrogen) atoms. The number of rotatable bonds is 3. The van der Waals surface area contributed by atoms with Crippen LogP contribution in [-0.2, 0) is 4.79 Å². The van der Waals surface area contributed by atoms with Crippen LogP contribution in [0.5, 0.6) is 0 Å². The van der Waals surface area contributed by atoms with E-state index in [1.54, 1.807) is 31.2 Å². The Balaban J connectivity index is 2.73. The highest BCUT2D eigenvalue weighted by molar-refractivity contribution is 6.30. The van der Waals surface area contributed by atoms with Crippen molar-refractivity contribution in [2.75, 3.05) is 0 Å². The van der Waals surface area contributed by atoms with Crippen LogP contribution in [-0.4, -0.2) is 11.1 Å². The van der Waals surface area contributed by atoms with Crippen LogP contribution in [0.1, 0.15) is 6.92 Å². The van der Waals surface area contributed by atoms with Crippen LogP contribution in [0.25, 0.3) is 0 Å². The molecule has 1 aromatic carbocycles. The van der Waals surface area contributed by atoms with Crippen LogP contribution in [0.2, 0.25) is 5.02 Å². The number of allylic oxidation sites excluding steroid dienone is 1. The van der Waals surface area contributed by atoms with Crippen molar-refractivity contribution in [3.05, 3.63) is 41.1 Å². The van der Waals surface area contributed by atoms with Crippen LogP contribution in [0.15, 0.2) is 46.3 Å². The summed E-state index contributed by atoms with van der Waals surface area (Å²) in [7, 11) is 0. The van der Waals surface area contributed by atoms with Crippen LogP contribution in [0.4, 0.5) is 5.69 Å². The van der Waals surface area contributed by atoms with Gasteiger partial charge in [-0.3, -0.25) is 0 Å². The Hall–Kier alpha value is -1.68. The lowest BCUT2D eigenvalue weighted by atomic mass is 10.3. The summed E-state index contributed by atoms with van der Waals surface area (Å²) < 4.78 is 0. The third-order valence-electron chi connectivity index (χ3n) is 1.48. The van der Waals surface area contributed by atoms with Crippen molar-refractivity contribution in [1.82, 2.24) is 0 Å². The highest BCUT2D eigenvalue weighted by atomic mass is 35.5. The average molecular weight is 225 g/mol. The summed E-state index contributed by atoms with van der Waals surface area (Å²) in [6.07, 6.45) is 0.986. The third-order valence-corrected chi connectivity index (χ3v) is 1.73. The van der Waals surface area contributed by atoms with E-state index < -0.39 is 5.97 Å². The van der Waals surface area contributed by atoms with Crippen LogP contribution >= 0.6 is 11.6 Å². The molecule has 0 unspecified atom stereocenters. The molecule has 0 fully saturated rings. The molecule has 0 saturated carbocycles. The first kappa shape index (κ1) is 11.4. The maximum atomic E-state index is 10.3. The van der Waals surface area contributed by atoms with Crippen molar-refractivity contribution < 1.29 is 9.90 Å². The van der Waals surface area contributed by atoms with Crippen molar-refractivity contribution in [3.63, 3.8) is 0 Å². The van der Waals surface area contributed by atoms with Gasteiger partial charge in [-0.1, -0.05) is 11.6 Å². The summed E-state index contributed by atoms with van der Waals surface area (Å²) in [6, 6.07) is 6.76. The summed E-state index contributed by atoms with van der Waals surface area (Å²) in [5.74, 6) is -1.04. The number of carbonyl (C=O) groups is 1. The number of hydrogen-bond donors (Lipinski definition) is 1. The maximum Gasteiger partial charge on any atom is 0.330 e. The number of nitrogens with zero attached hydrogens (tertiary/aromatic N) is 2. The molecule has 4 nitrogen and oxygen atoms in total.